The number of benzene rings is 2. The number of halogens is 1. The van der Waals surface area contributed by atoms with Gasteiger partial charge in [0.1, 0.15) is 5.75 Å². The summed E-state index contributed by atoms with van der Waals surface area (Å²) in [6.07, 6.45) is 5.08. The third-order valence-electron chi connectivity index (χ3n) is 6.18. The van der Waals surface area contributed by atoms with Crippen molar-refractivity contribution in [1.29, 1.82) is 0 Å². The maximum absolute atomic E-state index is 12.7. The second-order valence-electron chi connectivity index (χ2n) is 8.20. The van der Waals surface area contributed by atoms with Crippen molar-refractivity contribution in [3.63, 3.8) is 0 Å². The Bertz CT molecular complexity index is 879. The Hall–Kier alpha value is -2.57. The van der Waals surface area contributed by atoms with Crippen LogP contribution in [0.1, 0.15) is 42.5 Å². The van der Waals surface area contributed by atoms with Crippen LogP contribution in [-0.4, -0.2) is 48.5 Å². The zero-order chi connectivity index (χ0) is 20.9. The average Bonchev–Trinajstić information content (AvgIpc) is 2.75. The van der Waals surface area contributed by atoms with Crippen LogP contribution < -0.4 is 15.4 Å². The molecule has 0 spiro atoms. The first-order chi connectivity index (χ1) is 14.6. The van der Waals surface area contributed by atoms with Gasteiger partial charge in [0, 0.05) is 29.4 Å². The molecular formula is C24H30ClN3O3. The fourth-order valence-corrected chi connectivity index (χ4v) is 4.78. The number of nitrogens with zero attached hydrogens (tertiary/aromatic N) is 1. The van der Waals surface area contributed by atoms with Crippen LogP contribution >= 0.6 is 12.4 Å². The van der Waals surface area contributed by atoms with Gasteiger partial charge in [0.2, 0.25) is 5.91 Å². The number of fused-ring (bicyclic) bond motifs is 2. The van der Waals surface area contributed by atoms with Gasteiger partial charge in [0.05, 0.1) is 13.7 Å². The van der Waals surface area contributed by atoms with E-state index >= 15 is 0 Å². The second kappa shape index (κ2) is 10.6. The van der Waals surface area contributed by atoms with E-state index in [2.05, 4.69) is 15.5 Å². The van der Waals surface area contributed by atoms with Gasteiger partial charge in [-0.1, -0.05) is 30.7 Å². The molecule has 0 saturated carbocycles. The van der Waals surface area contributed by atoms with Crippen molar-refractivity contribution in [2.75, 3.05) is 19.0 Å². The van der Waals surface area contributed by atoms with Crippen LogP contribution in [0.2, 0.25) is 0 Å². The van der Waals surface area contributed by atoms with Crippen LogP contribution in [0.4, 0.5) is 5.69 Å². The van der Waals surface area contributed by atoms with Crippen LogP contribution in [0, 0.1) is 0 Å². The molecule has 166 valence electrons. The number of nitrogens with one attached hydrogen (secondary N) is 2. The van der Waals surface area contributed by atoms with E-state index in [1.165, 1.54) is 6.42 Å². The normalized spacial score (nSPS) is 22.7. The minimum Gasteiger partial charge on any atom is -0.497 e. The van der Waals surface area contributed by atoms with Gasteiger partial charge >= 0.3 is 0 Å². The lowest BCUT2D eigenvalue weighted by atomic mass is 9.81. The third kappa shape index (κ3) is 5.77. The quantitative estimate of drug-likeness (QED) is 0.711. The van der Waals surface area contributed by atoms with E-state index in [1.54, 1.807) is 13.2 Å². The van der Waals surface area contributed by atoms with E-state index in [0.717, 1.165) is 31.4 Å². The van der Waals surface area contributed by atoms with Crippen molar-refractivity contribution in [3.05, 3.63) is 60.2 Å². The Balaban J connectivity index is 0.00000272. The van der Waals surface area contributed by atoms with E-state index in [9.17, 15) is 9.59 Å². The highest BCUT2D eigenvalue weighted by Crippen LogP contribution is 2.34. The maximum atomic E-state index is 12.7. The molecule has 2 saturated heterocycles. The number of ether oxygens (including phenoxy) is 1. The number of amides is 2. The zero-order valence-electron chi connectivity index (χ0n) is 17.8. The first-order valence-corrected chi connectivity index (χ1v) is 10.7. The molecule has 2 aromatic rings. The Morgan fingerprint density at radius 3 is 2.42 bits per heavy atom. The molecule has 0 aliphatic carbocycles. The molecule has 2 unspecified atom stereocenters. The summed E-state index contributed by atoms with van der Waals surface area (Å²) in [7, 11) is 1.60. The standard InChI is InChI=1S/C24H29N3O3.ClH/c1-30-22-12-5-7-17(13-22)24(29)26-19-14-20-10-6-11-21(15-19)27(20)16-23(28)25-18-8-3-2-4-9-18;/h2-5,7-9,12-13,19-21H,6,10-11,14-16H2,1H3,(H,25,28)(H,26,29);1H. The molecule has 4 rings (SSSR count). The SMILES string of the molecule is COc1cccc(C(=O)NC2CC3CCCC(C2)N3CC(=O)Nc2ccccc2)c1.Cl. The van der Waals surface area contributed by atoms with Crippen molar-refractivity contribution in [2.45, 2.75) is 50.2 Å². The number of anilines is 1. The summed E-state index contributed by atoms with van der Waals surface area (Å²) in [6, 6.07) is 17.6. The molecule has 2 fully saturated rings. The van der Waals surface area contributed by atoms with E-state index in [0.29, 0.717) is 29.9 Å². The predicted octanol–water partition coefficient (Wildman–Crippen LogP) is 3.87. The van der Waals surface area contributed by atoms with Crippen LogP contribution in [0.15, 0.2) is 54.6 Å². The third-order valence-corrected chi connectivity index (χ3v) is 6.18. The number of carbonyl (C=O) groups is 2. The molecule has 0 radical (unpaired) electrons. The first kappa shape index (κ1) is 23.1. The monoisotopic (exact) mass is 443 g/mol. The van der Waals surface area contributed by atoms with Crippen molar-refractivity contribution in [2.24, 2.45) is 0 Å². The molecule has 2 bridgehead atoms. The molecule has 2 aliphatic heterocycles. The molecule has 2 aliphatic rings. The molecule has 2 amide bonds. The lowest BCUT2D eigenvalue weighted by Gasteiger charge is -2.48. The van der Waals surface area contributed by atoms with Gasteiger partial charge in [0.15, 0.2) is 0 Å². The molecule has 0 aromatic heterocycles. The summed E-state index contributed by atoms with van der Waals surface area (Å²) in [5.74, 6) is 0.642. The van der Waals surface area contributed by atoms with Gasteiger partial charge in [-0.05, 0) is 56.0 Å². The van der Waals surface area contributed by atoms with E-state index in [-0.39, 0.29) is 30.3 Å². The Morgan fingerprint density at radius 2 is 1.74 bits per heavy atom. The molecule has 6 nitrogen and oxygen atoms in total. The fourth-order valence-electron chi connectivity index (χ4n) is 4.78. The predicted molar refractivity (Wildman–Crippen MR) is 124 cm³/mol. The first-order valence-electron chi connectivity index (χ1n) is 10.7. The van der Waals surface area contributed by atoms with E-state index in [4.69, 9.17) is 4.74 Å². The van der Waals surface area contributed by atoms with Crippen LogP contribution in [0.5, 0.6) is 5.75 Å². The highest BCUT2D eigenvalue weighted by Gasteiger charge is 2.39. The summed E-state index contributed by atoms with van der Waals surface area (Å²) >= 11 is 0. The summed E-state index contributed by atoms with van der Waals surface area (Å²) < 4.78 is 5.22. The van der Waals surface area contributed by atoms with Crippen LogP contribution in [0.3, 0.4) is 0 Å². The van der Waals surface area contributed by atoms with Gasteiger partial charge in [-0.2, -0.15) is 0 Å². The topological polar surface area (TPSA) is 70.7 Å². The van der Waals surface area contributed by atoms with Gasteiger partial charge in [-0.15, -0.1) is 12.4 Å². The second-order valence-corrected chi connectivity index (χ2v) is 8.20. The smallest absolute Gasteiger partial charge is 0.251 e. The number of methoxy groups -OCH3 is 1. The fraction of sp³-hybridized carbons (Fsp3) is 0.417. The minimum atomic E-state index is -0.0627. The van der Waals surface area contributed by atoms with Crippen molar-refractivity contribution in [3.8, 4) is 5.75 Å². The molecule has 2 N–H and O–H groups in total. The molecule has 31 heavy (non-hydrogen) atoms. The molecule has 7 heteroatoms. The Labute approximate surface area is 189 Å². The Kier molecular flexibility index (Phi) is 7.93. The lowest BCUT2D eigenvalue weighted by molar-refractivity contribution is -0.120. The van der Waals surface area contributed by atoms with Crippen LogP contribution in [-0.2, 0) is 4.79 Å². The van der Waals surface area contributed by atoms with Crippen molar-refractivity contribution >= 4 is 29.9 Å². The molecule has 2 aromatic carbocycles. The number of carbonyl (C=O) groups excluding carboxylic acids is 2. The van der Waals surface area contributed by atoms with E-state index < -0.39 is 0 Å². The molecule has 2 atom stereocenters. The number of piperidine rings is 2. The number of hydrogen-bond donors (Lipinski definition) is 2. The summed E-state index contributed by atoms with van der Waals surface area (Å²) in [4.78, 5) is 27.6. The van der Waals surface area contributed by atoms with Crippen LogP contribution in [0.25, 0.3) is 0 Å². The maximum Gasteiger partial charge on any atom is 0.251 e. The largest absolute Gasteiger partial charge is 0.497 e. The van der Waals surface area contributed by atoms with E-state index in [1.807, 2.05) is 48.5 Å². The summed E-state index contributed by atoms with van der Waals surface area (Å²) in [5, 5.41) is 6.20. The average molecular weight is 444 g/mol. The summed E-state index contributed by atoms with van der Waals surface area (Å²) in [6.45, 7) is 0.404. The van der Waals surface area contributed by atoms with Crippen molar-refractivity contribution < 1.29 is 14.3 Å². The summed E-state index contributed by atoms with van der Waals surface area (Å²) in [5.41, 5.74) is 1.44. The minimum absolute atomic E-state index is 0. The number of para-hydroxylation sites is 1. The molecule has 2 heterocycles. The zero-order valence-corrected chi connectivity index (χ0v) is 18.6. The number of rotatable bonds is 6. The highest BCUT2D eigenvalue weighted by atomic mass is 35.5. The van der Waals surface area contributed by atoms with Gasteiger partial charge in [0.25, 0.3) is 5.91 Å². The van der Waals surface area contributed by atoms with Crippen molar-refractivity contribution in [1.82, 2.24) is 10.2 Å². The molecular weight excluding hydrogens is 414 g/mol. The van der Waals surface area contributed by atoms with Gasteiger partial charge in [-0.25, -0.2) is 0 Å². The lowest BCUT2D eigenvalue weighted by Crippen LogP contribution is -2.58. The van der Waals surface area contributed by atoms with Gasteiger partial charge < -0.3 is 15.4 Å². The number of hydrogen-bond acceptors (Lipinski definition) is 4. The Morgan fingerprint density at radius 1 is 1.03 bits per heavy atom. The van der Waals surface area contributed by atoms with Gasteiger partial charge in [-0.3, -0.25) is 14.5 Å². The highest BCUT2D eigenvalue weighted by molar-refractivity contribution is 5.95.